The Kier molecular flexibility index (Phi) is 2.99. The lowest BCUT2D eigenvalue weighted by Gasteiger charge is -2.09. The molecule has 1 amide bonds. The topological polar surface area (TPSA) is 55.4 Å². The van der Waals surface area contributed by atoms with E-state index in [4.69, 9.17) is 4.74 Å². The zero-order chi connectivity index (χ0) is 14.1. The van der Waals surface area contributed by atoms with Crippen LogP contribution in [0, 0.1) is 0 Å². The molecule has 100 valence electrons. The van der Waals surface area contributed by atoms with E-state index in [2.05, 4.69) is 5.32 Å². The summed E-state index contributed by atoms with van der Waals surface area (Å²) in [5.41, 5.74) is 2.59. The van der Waals surface area contributed by atoms with Gasteiger partial charge in [-0.3, -0.25) is 9.59 Å². The molecule has 0 unspecified atom stereocenters. The Hall–Kier alpha value is -2.62. The van der Waals surface area contributed by atoms with E-state index >= 15 is 0 Å². The van der Waals surface area contributed by atoms with E-state index in [0.29, 0.717) is 22.6 Å². The fourth-order valence-electron chi connectivity index (χ4n) is 2.36. The molecule has 0 aromatic heterocycles. The minimum absolute atomic E-state index is 0.0809. The van der Waals surface area contributed by atoms with E-state index in [-0.39, 0.29) is 18.1 Å². The SMILES string of the molecule is COc1cc(C(=O)c2ccccc2)cc2c1CC(=O)N2. The Morgan fingerprint density at radius 1 is 1.15 bits per heavy atom. The first-order valence-corrected chi connectivity index (χ1v) is 6.29. The standard InChI is InChI=1S/C16H13NO3/c1-20-14-8-11(7-13-12(14)9-15(18)17-13)16(19)10-5-3-2-4-6-10/h2-8H,9H2,1H3,(H,17,18). The Balaban J connectivity index is 2.06. The van der Waals surface area contributed by atoms with Gasteiger partial charge in [-0.1, -0.05) is 30.3 Å². The number of hydrogen-bond acceptors (Lipinski definition) is 3. The van der Waals surface area contributed by atoms with Crippen LogP contribution in [0.1, 0.15) is 21.5 Å². The number of ketones is 1. The quantitative estimate of drug-likeness (QED) is 0.869. The summed E-state index contributed by atoms with van der Waals surface area (Å²) >= 11 is 0. The normalized spacial score (nSPS) is 12.8. The van der Waals surface area contributed by atoms with Gasteiger partial charge in [0.25, 0.3) is 0 Å². The van der Waals surface area contributed by atoms with Crippen molar-refractivity contribution in [1.29, 1.82) is 0 Å². The summed E-state index contributed by atoms with van der Waals surface area (Å²) in [6.07, 6.45) is 0.290. The number of anilines is 1. The molecular weight excluding hydrogens is 254 g/mol. The molecule has 1 N–H and O–H groups in total. The van der Waals surface area contributed by atoms with Crippen molar-refractivity contribution in [1.82, 2.24) is 0 Å². The molecule has 2 aromatic rings. The number of hydrogen-bond donors (Lipinski definition) is 1. The summed E-state index contributed by atoms with van der Waals surface area (Å²) in [5.74, 6) is 0.399. The Bertz CT molecular complexity index is 692. The minimum Gasteiger partial charge on any atom is -0.496 e. The second-order valence-electron chi connectivity index (χ2n) is 4.62. The van der Waals surface area contributed by atoms with Crippen molar-refractivity contribution in [3.05, 3.63) is 59.2 Å². The summed E-state index contributed by atoms with van der Waals surface area (Å²) in [6.45, 7) is 0. The third-order valence-electron chi connectivity index (χ3n) is 3.34. The third kappa shape index (κ3) is 2.05. The molecule has 0 saturated carbocycles. The van der Waals surface area contributed by atoms with Crippen molar-refractivity contribution in [2.75, 3.05) is 12.4 Å². The average Bonchev–Trinajstić information content (AvgIpc) is 2.86. The largest absolute Gasteiger partial charge is 0.496 e. The average molecular weight is 267 g/mol. The van der Waals surface area contributed by atoms with Crippen LogP contribution in [0.4, 0.5) is 5.69 Å². The van der Waals surface area contributed by atoms with Gasteiger partial charge >= 0.3 is 0 Å². The van der Waals surface area contributed by atoms with Crippen LogP contribution in [-0.4, -0.2) is 18.8 Å². The monoisotopic (exact) mass is 267 g/mol. The van der Waals surface area contributed by atoms with E-state index in [1.54, 1.807) is 24.3 Å². The summed E-state index contributed by atoms with van der Waals surface area (Å²) in [7, 11) is 1.54. The van der Waals surface area contributed by atoms with Crippen molar-refractivity contribution in [3.63, 3.8) is 0 Å². The Labute approximate surface area is 116 Å². The molecule has 4 nitrogen and oxygen atoms in total. The van der Waals surface area contributed by atoms with Gasteiger partial charge in [-0.15, -0.1) is 0 Å². The molecule has 0 saturated heterocycles. The molecule has 1 heterocycles. The predicted octanol–water partition coefficient (Wildman–Crippen LogP) is 2.42. The van der Waals surface area contributed by atoms with Gasteiger partial charge in [0.1, 0.15) is 5.75 Å². The number of amides is 1. The number of rotatable bonds is 3. The Morgan fingerprint density at radius 3 is 2.60 bits per heavy atom. The van der Waals surface area contributed by atoms with Gasteiger partial charge < -0.3 is 10.1 Å². The zero-order valence-corrected chi connectivity index (χ0v) is 11.0. The molecule has 1 aliphatic heterocycles. The van der Waals surface area contributed by atoms with Crippen molar-refractivity contribution >= 4 is 17.4 Å². The first-order valence-electron chi connectivity index (χ1n) is 6.29. The minimum atomic E-state index is -0.0900. The fraction of sp³-hybridized carbons (Fsp3) is 0.125. The first-order chi connectivity index (χ1) is 9.69. The lowest BCUT2D eigenvalue weighted by atomic mass is 10.00. The van der Waals surface area contributed by atoms with Crippen molar-refractivity contribution < 1.29 is 14.3 Å². The van der Waals surface area contributed by atoms with Crippen LogP contribution in [0.25, 0.3) is 0 Å². The van der Waals surface area contributed by atoms with Crippen LogP contribution >= 0.6 is 0 Å². The third-order valence-corrected chi connectivity index (χ3v) is 3.34. The van der Waals surface area contributed by atoms with Gasteiger partial charge in [-0.2, -0.15) is 0 Å². The summed E-state index contributed by atoms with van der Waals surface area (Å²) in [6, 6.07) is 12.4. The van der Waals surface area contributed by atoms with E-state index in [0.717, 1.165) is 5.56 Å². The highest BCUT2D eigenvalue weighted by Crippen LogP contribution is 2.33. The number of fused-ring (bicyclic) bond motifs is 1. The highest BCUT2D eigenvalue weighted by Gasteiger charge is 2.24. The molecule has 2 aromatic carbocycles. The van der Waals surface area contributed by atoms with Gasteiger partial charge in [0.2, 0.25) is 5.91 Å². The lowest BCUT2D eigenvalue weighted by molar-refractivity contribution is -0.115. The smallest absolute Gasteiger partial charge is 0.229 e. The van der Waals surface area contributed by atoms with E-state index < -0.39 is 0 Å². The van der Waals surface area contributed by atoms with Gasteiger partial charge in [0.15, 0.2) is 5.78 Å². The zero-order valence-electron chi connectivity index (χ0n) is 11.0. The van der Waals surface area contributed by atoms with Crippen molar-refractivity contribution in [3.8, 4) is 5.75 Å². The number of carbonyl (C=O) groups is 2. The van der Waals surface area contributed by atoms with Gasteiger partial charge in [-0.05, 0) is 12.1 Å². The maximum atomic E-state index is 12.4. The van der Waals surface area contributed by atoms with Crippen LogP contribution in [0.5, 0.6) is 5.75 Å². The molecule has 1 aliphatic rings. The lowest BCUT2D eigenvalue weighted by Crippen LogP contribution is -2.04. The molecular formula is C16H13NO3. The Morgan fingerprint density at radius 2 is 1.90 bits per heavy atom. The molecule has 0 bridgehead atoms. The first kappa shape index (κ1) is 12.4. The molecule has 0 fully saturated rings. The van der Waals surface area contributed by atoms with E-state index in [1.807, 2.05) is 18.2 Å². The van der Waals surface area contributed by atoms with E-state index in [9.17, 15) is 9.59 Å². The highest BCUT2D eigenvalue weighted by atomic mass is 16.5. The van der Waals surface area contributed by atoms with Crippen LogP contribution in [-0.2, 0) is 11.2 Å². The number of nitrogens with one attached hydrogen (secondary N) is 1. The molecule has 3 rings (SSSR count). The van der Waals surface area contributed by atoms with E-state index in [1.165, 1.54) is 7.11 Å². The van der Waals surface area contributed by atoms with Crippen molar-refractivity contribution in [2.45, 2.75) is 6.42 Å². The molecule has 0 aliphatic carbocycles. The fourth-order valence-corrected chi connectivity index (χ4v) is 2.36. The molecule has 0 spiro atoms. The second kappa shape index (κ2) is 4.81. The predicted molar refractivity (Wildman–Crippen MR) is 75.2 cm³/mol. The number of methoxy groups -OCH3 is 1. The summed E-state index contributed by atoms with van der Waals surface area (Å²) < 4.78 is 5.29. The van der Waals surface area contributed by atoms with Gasteiger partial charge in [0.05, 0.1) is 13.5 Å². The second-order valence-corrected chi connectivity index (χ2v) is 4.62. The maximum absolute atomic E-state index is 12.4. The van der Waals surface area contributed by atoms with Crippen LogP contribution in [0.15, 0.2) is 42.5 Å². The number of benzene rings is 2. The van der Waals surface area contributed by atoms with Crippen molar-refractivity contribution in [2.24, 2.45) is 0 Å². The summed E-state index contributed by atoms with van der Waals surface area (Å²) in [5, 5.41) is 2.75. The van der Waals surface area contributed by atoms with Crippen LogP contribution in [0.3, 0.4) is 0 Å². The van der Waals surface area contributed by atoms with Crippen LogP contribution < -0.4 is 10.1 Å². The molecule has 20 heavy (non-hydrogen) atoms. The summed E-state index contributed by atoms with van der Waals surface area (Å²) in [4.78, 5) is 23.9. The molecule has 0 radical (unpaired) electrons. The van der Waals surface area contributed by atoms with Crippen LogP contribution in [0.2, 0.25) is 0 Å². The maximum Gasteiger partial charge on any atom is 0.229 e. The number of carbonyl (C=O) groups excluding carboxylic acids is 2. The number of ether oxygens (including phenoxy) is 1. The molecule has 4 heteroatoms. The van der Waals surface area contributed by atoms with Gasteiger partial charge in [-0.25, -0.2) is 0 Å². The van der Waals surface area contributed by atoms with Gasteiger partial charge in [0, 0.05) is 22.4 Å². The molecule has 0 atom stereocenters. The highest BCUT2D eigenvalue weighted by molar-refractivity contribution is 6.11.